The van der Waals surface area contributed by atoms with Gasteiger partial charge in [0.2, 0.25) is 5.91 Å². The van der Waals surface area contributed by atoms with Gasteiger partial charge in [-0.05, 0) is 49.5 Å². The average molecular weight is 468 g/mol. The van der Waals surface area contributed by atoms with Gasteiger partial charge in [0.25, 0.3) is 5.91 Å². The van der Waals surface area contributed by atoms with Crippen LogP contribution >= 0.6 is 35.4 Å². The molecule has 158 valence electrons. The van der Waals surface area contributed by atoms with Gasteiger partial charge >= 0.3 is 0 Å². The smallest absolute Gasteiger partial charge is 0.279 e. The number of amides is 2. The van der Waals surface area contributed by atoms with E-state index in [9.17, 15) is 9.59 Å². The van der Waals surface area contributed by atoms with E-state index in [-0.39, 0.29) is 10.1 Å². The van der Waals surface area contributed by atoms with Crippen LogP contribution in [0.3, 0.4) is 0 Å². The second kappa shape index (κ2) is 11.4. The van der Waals surface area contributed by atoms with Gasteiger partial charge in [-0.2, -0.15) is 0 Å². The summed E-state index contributed by atoms with van der Waals surface area (Å²) in [5, 5.41) is 3.05. The standard InChI is InChI=1S/C20H19Cl2N3O4S/c1-12(29-17-9-8-14(21)11-15(17)22)19(27)24-25-20(30)23-18(26)10-7-13-5-3-4-6-16(13)28-2/h3-12H,1-2H3,(H,24,27)(H2,23,25,26,30)/b10-7+. The number of ether oxygens (including phenoxy) is 2. The molecular weight excluding hydrogens is 449 g/mol. The zero-order chi connectivity index (χ0) is 22.1. The summed E-state index contributed by atoms with van der Waals surface area (Å²) in [6, 6.07) is 11.9. The molecule has 1 unspecified atom stereocenters. The van der Waals surface area contributed by atoms with E-state index in [4.69, 9.17) is 44.9 Å². The summed E-state index contributed by atoms with van der Waals surface area (Å²) in [4.78, 5) is 24.1. The molecule has 10 heteroatoms. The van der Waals surface area contributed by atoms with Crippen LogP contribution in [0.5, 0.6) is 11.5 Å². The van der Waals surface area contributed by atoms with Crippen molar-refractivity contribution in [2.45, 2.75) is 13.0 Å². The number of carbonyl (C=O) groups excluding carboxylic acids is 2. The molecule has 0 spiro atoms. The van der Waals surface area contributed by atoms with E-state index in [1.54, 1.807) is 37.5 Å². The maximum Gasteiger partial charge on any atom is 0.279 e. The number of thiocarbonyl (C=S) groups is 1. The summed E-state index contributed by atoms with van der Waals surface area (Å²) in [5.41, 5.74) is 5.51. The molecule has 0 fully saturated rings. The Kier molecular flexibility index (Phi) is 8.91. The number of rotatable bonds is 6. The SMILES string of the molecule is COc1ccccc1/C=C/C(=O)NC(=S)NNC(=O)C(C)Oc1ccc(Cl)cc1Cl. The van der Waals surface area contributed by atoms with E-state index in [0.717, 1.165) is 5.56 Å². The zero-order valence-corrected chi connectivity index (χ0v) is 18.4. The molecule has 0 aliphatic rings. The highest BCUT2D eigenvalue weighted by Gasteiger charge is 2.16. The molecule has 30 heavy (non-hydrogen) atoms. The number of benzene rings is 2. The lowest BCUT2D eigenvalue weighted by molar-refractivity contribution is -0.128. The van der Waals surface area contributed by atoms with Crippen LogP contribution in [0, 0.1) is 0 Å². The molecule has 0 heterocycles. The summed E-state index contributed by atoms with van der Waals surface area (Å²) in [7, 11) is 1.54. The van der Waals surface area contributed by atoms with Crippen LogP contribution in [0.1, 0.15) is 12.5 Å². The molecule has 0 aliphatic heterocycles. The quantitative estimate of drug-likeness (QED) is 0.342. The van der Waals surface area contributed by atoms with Crippen LogP contribution in [0.2, 0.25) is 10.0 Å². The molecule has 7 nitrogen and oxygen atoms in total. The molecule has 1 atom stereocenters. The molecule has 0 saturated carbocycles. The third-order valence-electron chi connectivity index (χ3n) is 3.66. The van der Waals surface area contributed by atoms with Gasteiger partial charge < -0.3 is 9.47 Å². The number of hydrogen-bond donors (Lipinski definition) is 3. The predicted octanol–water partition coefficient (Wildman–Crippen LogP) is 3.50. The van der Waals surface area contributed by atoms with E-state index in [2.05, 4.69) is 16.2 Å². The lowest BCUT2D eigenvalue weighted by Crippen LogP contribution is -2.51. The second-order valence-electron chi connectivity index (χ2n) is 5.84. The number of para-hydroxylation sites is 1. The minimum absolute atomic E-state index is 0.0882. The Labute approximate surface area is 189 Å². The van der Waals surface area contributed by atoms with Gasteiger partial charge in [-0.15, -0.1) is 0 Å². The summed E-state index contributed by atoms with van der Waals surface area (Å²) in [5.74, 6) is -0.0718. The highest BCUT2D eigenvalue weighted by atomic mass is 35.5. The van der Waals surface area contributed by atoms with Crippen LogP contribution in [0.15, 0.2) is 48.5 Å². The topological polar surface area (TPSA) is 88.7 Å². The van der Waals surface area contributed by atoms with E-state index in [0.29, 0.717) is 16.5 Å². The number of nitrogens with one attached hydrogen (secondary N) is 3. The number of carbonyl (C=O) groups is 2. The first kappa shape index (κ1) is 23.5. The highest BCUT2D eigenvalue weighted by Crippen LogP contribution is 2.28. The number of methoxy groups -OCH3 is 1. The minimum Gasteiger partial charge on any atom is -0.496 e. The molecule has 2 amide bonds. The molecule has 2 aromatic carbocycles. The van der Waals surface area contributed by atoms with Crippen molar-refractivity contribution >= 4 is 58.4 Å². The van der Waals surface area contributed by atoms with E-state index in [1.165, 1.54) is 19.1 Å². The second-order valence-corrected chi connectivity index (χ2v) is 7.09. The van der Waals surface area contributed by atoms with Crippen LogP contribution < -0.4 is 25.6 Å². The molecule has 2 rings (SSSR count). The van der Waals surface area contributed by atoms with Gasteiger partial charge in [-0.3, -0.25) is 25.8 Å². The van der Waals surface area contributed by atoms with Crippen molar-refractivity contribution in [3.63, 3.8) is 0 Å². The molecule has 0 aromatic heterocycles. The largest absolute Gasteiger partial charge is 0.496 e. The first-order valence-electron chi connectivity index (χ1n) is 8.63. The third-order valence-corrected chi connectivity index (χ3v) is 4.39. The Morgan fingerprint density at radius 3 is 2.53 bits per heavy atom. The minimum atomic E-state index is -0.889. The van der Waals surface area contributed by atoms with Crippen molar-refractivity contribution in [1.82, 2.24) is 16.2 Å². The van der Waals surface area contributed by atoms with E-state index >= 15 is 0 Å². The van der Waals surface area contributed by atoms with Gasteiger partial charge in [-0.1, -0.05) is 41.4 Å². The van der Waals surface area contributed by atoms with Crippen molar-refractivity contribution < 1.29 is 19.1 Å². The average Bonchev–Trinajstić information content (AvgIpc) is 2.72. The Morgan fingerprint density at radius 2 is 1.83 bits per heavy atom. The Hall–Kier alpha value is -2.81. The number of hydrogen-bond acceptors (Lipinski definition) is 5. The van der Waals surface area contributed by atoms with Gasteiger partial charge in [-0.25, -0.2) is 0 Å². The summed E-state index contributed by atoms with van der Waals surface area (Å²) < 4.78 is 10.7. The Morgan fingerprint density at radius 1 is 1.10 bits per heavy atom. The van der Waals surface area contributed by atoms with Gasteiger partial charge in [0.15, 0.2) is 11.2 Å². The summed E-state index contributed by atoms with van der Waals surface area (Å²) in [6.45, 7) is 1.53. The van der Waals surface area contributed by atoms with Crippen molar-refractivity contribution in [3.8, 4) is 11.5 Å². The molecule has 3 N–H and O–H groups in total. The first-order valence-corrected chi connectivity index (χ1v) is 9.80. The van der Waals surface area contributed by atoms with E-state index in [1.807, 2.05) is 12.1 Å². The number of halogens is 2. The molecular formula is C20H19Cl2N3O4S. The fourth-order valence-corrected chi connectivity index (χ4v) is 2.79. The molecule has 2 aromatic rings. The van der Waals surface area contributed by atoms with Gasteiger partial charge in [0, 0.05) is 16.7 Å². The van der Waals surface area contributed by atoms with E-state index < -0.39 is 17.9 Å². The van der Waals surface area contributed by atoms with Crippen LogP contribution in [0.25, 0.3) is 6.08 Å². The monoisotopic (exact) mass is 467 g/mol. The molecule has 0 radical (unpaired) electrons. The summed E-state index contributed by atoms with van der Waals surface area (Å²) in [6.07, 6.45) is 1.99. The third kappa shape index (κ3) is 7.22. The van der Waals surface area contributed by atoms with Crippen LogP contribution in [-0.2, 0) is 9.59 Å². The van der Waals surface area contributed by atoms with Crippen LogP contribution in [-0.4, -0.2) is 30.1 Å². The van der Waals surface area contributed by atoms with Crippen molar-refractivity contribution in [1.29, 1.82) is 0 Å². The number of hydrazine groups is 1. The fourth-order valence-electron chi connectivity index (χ4n) is 2.19. The van der Waals surface area contributed by atoms with Crippen molar-refractivity contribution in [2.75, 3.05) is 7.11 Å². The zero-order valence-electron chi connectivity index (χ0n) is 16.1. The van der Waals surface area contributed by atoms with Crippen LogP contribution in [0.4, 0.5) is 0 Å². The highest BCUT2D eigenvalue weighted by molar-refractivity contribution is 7.80. The fraction of sp³-hybridized carbons (Fsp3) is 0.150. The predicted molar refractivity (Wildman–Crippen MR) is 121 cm³/mol. The normalized spacial score (nSPS) is 11.5. The van der Waals surface area contributed by atoms with Gasteiger partial charge in [0.05, 0.1) is 12.1 Å². The van der Waals surface area contributed by atoms with Crippen molar-refractivity contribution in [3.05, 3.63) is 64.1 Å². The summed E-state index contributed by atoms with van der Waals surface area (Å²) >= 11 is 16.8. The lowest BCUT2D eigenvalue weighted by Gasteiger charge is -2.16. The van der Waals surface area contributed by atoms with Crippen molar-refractivity contribution in [2.24, 2.45) is 0 Å². The lowest BCUT2D eigenvalue weighted by atomic mass is 10.2. The first-order chi connectivity index (χ1) is 14.3. The molecule has 0 saturated heterocycles. The maximum atomic E-state index is 12.1. The van der Waals surface area contributed by atoms with Gasteiger partial charge in [0.1, 0.15) is 11.5 Å². The Bertz CT molecular complexity index is 969. The molecule has 0 aliphatic carbocycles. The molecule has 0 bridgehead atoms. The maximum absolute atomic E-state index is 12.1. The Balaban J connectivity index is 1.80.